The highest BCUT2D eigenvalue weighted by Crippen LogP contribution is 2.12. The molecule has 0 aliphatic rings. The Morgan fingerprint density at radius 3 is 2.65 bits per heavy atom. The number of nitrogens with two attached hydrogens (primary N) is 1. The molecule has 2 N–H and O–H groups in total. The van der Waals surface area contributed by atoms with Crippen LogP contribution in [0.4, 0.5) is 0 Å². The Morgan fingerprint density at radius 1 is 1.20 bits per heavy atom. The third-order valence-corrected chi connectivity index (χ3v) is 3.12. The van der Waals surface area contributed by atoms with E-state index in [0.29, 0.717) is 19.7 Å². The van der Waals surface area contributed by atoms with Crippen molar-refractivity contribution < 1.29 is 4.74 Å². The van der Waals surface area contributed by atoms with Crippen LogP contribution >= 0.6 is 0 Å². The summed E-state index contributed by atoms with van der Waals surface area (Å²) in [6, 6.07) is 7.69. The van der Waals surface area contributed by atoms with Crippen LogP contribution in [0.5, 0.6) is 5.75 Å². The first kappa shape index (κ1) is 14.4. The van der Waals surface area contributed by atoms with Crippen molar-refractivity contribution >= 4 is 0 Å². The van der Waals surface area contributed by atoms with E-state index in [-0.39, 0.29) is 5.69 Å². The zero-order chi connectivity index (χ0) is 14.4. The van der Waals surface area contributed by atoms with Gasteiger partial charge in [0.15, 0.2) is 0 Å². The molecule has 0 aliphatic carbocycles. The van der Waals surface area contributed by atoms with Crippen LogP contribution in [0.25, 0.3) is 0 Å². The molecule has 20 heavy (non-hydrogen) atoms. The van der Waals surface area contributed by atoms with Crippen molar-refractivity contribution in [3.05, 3.63) is 52.7 Å². The van der Waals surface area contributed by atoms with E-state index < -0.39 is 0 Å². The van der Waals surface area contributed by atoms with Crippen molar-refractivity contribution in [1.82, 2.24) is 9.13 Å². The van der Waals surface area contributed by atoms with Crippen LogP contribution < -0.4 is 16.2 Å². The fourth-order valence-electron chi connectivity index (χ4n) is 2.06. The molecular formula is C15H21N3O2. The van der Waals surface area contributed by atoms with Gasteiger partial charge in [-0.25, -0.2) is 4.79 Å². The molecule has 0 amide bonds. The lowest BCUT2D eigenvalue weighted by Gasteiger charge is -2.07. The van der Waals surface area contributed by atoms with Crippen molar-refractivity contribution in [2.24, 2.45) is 5.73 Å². The summed E-state index contributed by atoms with van der Waals surface area (Å²) in [6.45, 7) is 4.31. The van der Waals surface area contributed by atoms with Crippen LogP contribution in [-0.4, -0.2) is 15.7 Å². The summed E-state index contributed by atoms with van der Waals surface area (Å²) in [7, 11) is 0. The molecule has 0 radical (unpaired) electrons. The van der Waals surface area contributed by atoms with E-state index in [1.54, 1.807) is 15.3 Å². The Kier molecular flexibility index (Phi) is 5.01. The molecule has 0 unspecified atom stereocenters. The number of ether oxygens (including phenoxy) is 1. The maximum absolute atomic E-state index is 12.0. The Bertz CT molecular complexity index is 601. The lowest BCUT2D eigenvalue weighted by atomic mass is 10.2. The number of benzene rings is 1. The van der Waals surface area contributed by atoms with Gasteiger partial charge in [0.25, 0.3) is 0 Å². The molecule has 0 saturated carbocycles. The minimum atomic E-state index is 0.0196. The number of rotatable bonds is 7. The summed E-state index contributed by atoms with van der Waals surface area (Å²) < 4.78 is 9.04. The standard InChI is InChI=1S/C15H21N3O2/c1-2-6-17-7-8-18(15(17)19)9-10-20-14-5-3-4-13(11-14)12-16/h3-5,7-8,11H,2,6,9-10,12,16H2,1H3. The summed E-state index contributed by atoms with van der Waals surface area (Å²) in [6.07, 6.45) is 4.57. The molecular weight excluding hydrogens is 254 g/mol. The second kappa shape index (κ2) is 6.96. The van der Waals surface area contributed by atoms with Gasteiger partial charge >= 0.3 is 5.69 Å². The first-order chi connectivity index (χ1) is 9.74. The summed E-state index contributed by atoms with van der Waals surface area (Å²) >= 11 is 0. The largest absolute Gasteiger partial charge is 0.492 e. The molecule has 0 atom stereocenters. The fourth-order valence-corrected chi connectivity index (χ4v) is 2.06. The molecule has 2 aromatic rings. The van der Waals surface area contributed by atoms with E-state index in [9.17, 15) is 4.79 Å². The molecule has 0 spiro atoms. The van der Waals surface area contributed by atoms with E-state index >= 15 is 0 Å². The van der Waals surface area contributed by atoms with Crippen molar-refractivity contribution in [3.63, 3.8) is 0 Å². The second-order valence-corrected chi connectivity index (χ2v) is 4.67. The molecule has 1 aromatic heterocycles. The lowest BCUT2D eigenvalue weighted by Crippen LogP contribution is -2.25. The number of hydrogen-bond acceptors (Lipinski definition) is 3. The summed E-state index contributed by atoms with van der Waals surface area (Å²) in [5.41, 5.74) is 6.64. The Balaban J connectivity index is 1.91. The van der Waals surface area contributed by atoms with E-state index in [1.807, 2.05) is 30.5 Å². The monoisotopic (exact) mass is 275 g/mol. The molecule has 1 aromatic carbocycles. The minimum absolute atomic E-state index is 0.0196. The van der Waals surface area contributed by atoms with Crippen LogP contribution in [0.1, 0.15) is 18.9 Å². The number of nitrogens with zero attached hydrogens (tertiary/aromatic N) is 2. The topological polar surface area (TPSA) is 62.2 Å². The van der Waals surface area contributed by atoms with Gasteiger partial charge in [-0.2, -0.15) is 0 Å². The van der Waals surface area contributed by atoms with E-state index in [2.05, 4.69) is 6.92 Å². The molecule has 108 valence electrons. The zero-order valence-electron chi connectivity index (χ0n) is 11.8. The molecule has 1 heterocycles. The highest BCUT2D eigenvalue weighted by molar-refractivity contribution is 5.28. The summed E-state index contributed by atoms with van der Waals surface area (Å²) in [4.78, 5) is 12.0. The van der Waals surface area contributed by atoms with Crippen LogP contribution in [0, 0.1) is 0 Å². The Labute approximate surface area is 118 Å². The predicted octanol–water partition coefficient (Wildman–Crippen LogP) is 1.60. The van der Waals surface area contributed by atoms with Gasteiger partial charge in [0.2, 0.25) is 0 Å². The van der Waals surface area contributed by atoms with Crippen molar-refractivity contribution in [1.29, 1.82) is 0 Å². The molecule has 2 rings (SSSR count). The number of aryl methyl sites for hydroxylation is 1. The number of hydrogen-bond donors (Lipinski definition) is 1. The molecule has 0 aliphatic heterocycles. The van der Waals surface area contributed by atoms with Crippen LogP contribution in [0.3, 0.4) is 0 Å². The van der Waals surface area contributed by atoms with Gasteiger partial charge in [-0.05, 0) is 24.1 Å². The maximum atomic E-state index is 12.0. The third-order valence-electron chi connectivity index (χ3n) is 3.12. The second-order valence-electron chi connectivity index (χ2n) is 4.67. The first-order valence-corrected chi connectivity index (χ1v) is 6.92. The van der Waals surface area contributed by atoms with Crippen molar-refractivity contribution in [2.75, 3.05) is 6.61 Å². The molecule has 0 fully saturated rings. The summed E-state index contributed by atoms with van der Waals surface area (Å²) in [5, 5.41) is 0. The van der Waals surface area contributed by atoms with Crippen LogP contribution in [0.15, 0.2) is 41.5 Å². The fraction of sp³-hybridized carbons (Fsp3) is 0.400. The van der Waals surface area contributed by atoms with Crippen LogP contribution in [-0.2, 0) is 19.6 Å². The Hall–Kier alpha value is -2.01. The molecule has 5 heteroatoms. The van der Waals surface area contributed by atoms with E-state index in [0.717, 1.165) is 24.3 Å². The number of imidazole rings is 1. The highest BCUT2D eigenvalue weighted by Gasteiger charge is 2.02. The molecule has 5 nitrogen and oxygen atoms in total. The average molecular weight is 275 g/mol. The summed E-state index contributed by atoms with van der Waals surface area (Å²) in [5.74, 6) is 0.786. The quantitative estimate of drug-likeness (QED) is 0.835. The third kappa shape index (κ3) is 3.51. The van der Waals surface area contributed by atoms with Gasteiger partial charge < -0.3 is 10.5 Å². The maximum Gasteiger partial charge on any atom is 0.328 e. The van der Waals surface area contributed by atoms with E-state index in [4.69, 9.17) is 10.5 Å². The predicted molar refractivity (Wildman–Crippen MR) is 78.8 cm³/mol. The minimum Gasteiger partial charge on any atom is -0.492 e. The molecule has 0 bridgehead atoms. The van der Waals surface area contributed by atoms with E-state index in [1.165, 1.54) is 0 Å². The Morgan fingerprint density at radius 2 is 1.95 bits per heavy atom. The first-order valence-electron chi connectivity index (χ1n) is 6.92. The zero-order valence-corrected chi connectivity index (χ0v) is 11.8. The molecule has 0 saturated heterocycles. The van der Waals surface area contributed by atoms with Gasteiger partial charge in [-0.3, -0.25) is 9.13 Å². The van der Waals surface area contributed by atoms with Crippen molar-refractivity contribution in [3.8, 4) is 5.75 Å². The average Bonchev–Trinajstić information content (AvgIpc) is 2.81. The number of aromatic nitrogens is 2. The normalized spacial score (nSPS) is 10.7. The van der Waals surface area contributed by atoms with Gasteiger partial charge in [0.05, 0.1) is 6.54 Å². The smallest absolute Gasteiger partial charge is 0.328 e. The van der Waals surface area contributed by atoms with Gasteiger partial charge in [-0.1, -0.05) is 19.1 Å². The highest BCUT2D eigenvalue weighted by atomic mass is 16.5. The van der Waals surface area contributed by atoms with Gasteiger partial charge in [-0.15, -0.1) is 0 Å². The van der Waals surface area contributed by atoms with Gasteiger partial charge in [0.1, 0.15) is 12.4 Å². The van der Waals surface area contributed by atoms with Crippen LogP contribution in [0.2, 0.25) is 0 Å². The van der Waals surface area contributed by atoms with Gasteiger partial charge in [0, 0.05) is 25.5 Å². The lowest BCUT2D eigenvalue weighted by molar-refractivity contribution is 0.295. The van der Waals surface area contributed by atoms with Crippen molar-refractivity contribution in [2.45, 2.75) is 33.0 Å². The SMILES string of the molecule is CCCn1ccn(CCOc2cccc(CN)c2)c1=O.